The zero-order valence-corrected chi connectivity index (χ0v) is 6.11. The van der Waals surface area contributed by atoms with Crippen LogP contribution in [0.1, 0.15) is 16.2 Å². The summed E-state index contributed by atoms with van der Waals surface area (Å²) in [7, 11) is 0. The number of hydrogen-bond donors (Lipinski definition) is 0. The number of hydrogen-bond acceptors (Lipinski definition) is 2. The van der Waals surface area contributed by atoms with Gasteiger partial charge in [-0.3, -0.25) is 4.98 Å². The molecule has 0 aliphatic heterocycles. The Balaban J connectivity index is 3.32. The maximum Gasteiger partial charge on any atom is 0.281 e. The van der Waals surface area contributed by atoms with E-state index in [2.05, 4.69) is 25.9 Å². The first-order chi connectivity index (χ1) is 5.82. The summed E-state index contributed by atoms with van der Waals surface area (Å²) < 4.78 is 45.0. The van der Waals surface area contributed by atoms with E-state index in [0.29, 0.717) is 0 Å². The fraction of sp³-hybridized carbons (Fsp3) is 0.200. The maximum absolute atomic E-state index is 12.4. The van der Waals surface area contributed by atoms with Gasteiger partial charge in [0.1, 0.15) is 11.7 Å². The van der Waals surface area contributed by atoms with E-state index in [4.69, 9.17) is 4.11 Å². The molecule has 0 aliphatic carbocycles. The normalized spacial score (nSPS) is 15.7. The maximum atomic E-state index is 12.4. The molecule has 0 aromatic carbocycles. The molecule has 0 saturated carbocycles. The molecule has 10 heavy (non-hydrogen) atoms. The zero-order valence-electron chi connectivity index (χ0n) is 7.53. The Bertz CT molecular complexity index is 341. The molecular weight excluding hydrogens is 206 g/mol. The summed E-state index contributed by atoms with van der Waals surface area (Å²) in [4.78, 5) is 6.35. The van der Waals surface area contributed by atoms with Gasteiger partial charge in [0.05, 0.1) is 15.1 Å². The van der Waals surface area contributed by atoms with Crippen LogP contribution >= 0.6 is 15.9 Å². The molecule has 0 fully saturated rings. The summed E-state index contributed by atoms with van der Waals surface area (Å²) >= 11 is 2.76. The van der Waals surface area contributed by atoms with E-state index in [1.54, 1.807) is 0 Å². The van der Waals surface area contributed by atoms with Crippen molar-refractivity contribution in [3.63, 3.8) is 0 Å². The molecule has 0 bridgehead atoms. The smallest absolute Gasteiger partial charge is 0.251 e. The minimum atomic E-state index is -3.99. The lowest BCUT2D eigenvalue weighted by Crippen LogP contribution is -1.90. The fourth-order valence-electron chi connectivity index (χ4n) is 0.339. The van der Waals surface area contributed by atoms with E-state index in [1.807, 2.05) is 0 Å². The second kappa shape index (κ2) is 3.01. The molecule has 0 N–H and O–H groups in total. The highest BCUT2D eigenvalue weighted by Crippen LogP contribution is 2.15. The van der Waals surface area contributed by atoms with Crippen molar-refractivity contribution in [2.75, 3.05) is 0 Å². The van der Waals surface area contributed by atoms with Gasteiger partial charge in [-0.15, -0.1) is 0 Å². The largest absolute Gasteiger partial charge is 0.281 e. The second-order valence-electron chi connectivity index (χ2n) is 1.35. The quantitative estimate of drug-likeness (QED) is 0.712. The molecule has 1 rings (SSSR count). The number of alkyl halides is 2. The van der Waals surface area contributed by atoms with Crippen LogP contribution in [-0.2, 0) is 0 Å². The Labute approximate surface area is 68.6 Å². The molecule has 0 amide bonds. The van der Waals surface area contributed by atoms with Crippen LogP contribution in [0.3, 0.4) is 0 Å². The number of nitrogens with zero attached hydrogens (tertiary/aromatic N) is 2. The van der Waals surface area contributed by atoms with Gasteiger partial charge in [-0.25, -0.2) is 13.8 Å². The lowest BCUT2D eigenvalue weighted by atomic mass is 10.5. The van der Waals surface area contributed by atoms with Crippen LogP contribution in [0.5, 0.6) is 0 Å². The molecule has 0 saturated heterocycles. The van der Waals surface area contributed by atoms with Crippen molar-refractivity contribution in [3.05, 3.63) is 22.6 Å². The van der Waals surface area contributed by atoms with E-state index >= 15 is 0 Å². The van der Waals surface area contributed by atoms with E-state index in [-0.39, 0.29) is 4.60 Å². The Hall–Kier alpha value is -0.580. The van der Waals surface area contributed by atoms with Gasteiger partial charge in [-0.2, -0.15) is 0 Å². The van der Waals surface area contributed by atoms with Crippen molar-refractivity contribution in [2.45, 2.75) is 6.40 Å². The third kappa shape index (κ3) is 1.70. The van der Waals surface area contributed by atoms with Crippen molar-refractivity contribution in [2.24, 2.45) is 0 Å². The van der Waals surface area contributed by atoms with Gasteiger partial charge >= 0.3 is 0 Å². The summed E-state index contributed by atoms with van der Waals surface area (Å²) in [5.41, 5.74) is -1.11. The predicted octanol–water partition coefficient (Wildman–Crippen LogP) is 2.18. The molecule has 1 heterocycles. The molecule has 54 valence electrons. The predicted molar refractivity (Wildman–Crippen MR) is 34.7 cm³/mol. The molecule has 1 aromatic rings. The van der Waals surface area contributed by atoms with Gasteiger partial charge in [-0.05, 0) is 15.9 Å². The van der Waals surface area contributed by atoms with E-state index < -0.39 is 24.4 Å². The van der Waals surface area contributed by atoms with E-state index in [1.165, 1.54) is 0 Å². The van der Waals surface area contributed by atoms with Crippen molar-refractivity contribution in [3.8, 4) is 0 Å². The fourth-order valence-corrected chi connectivity index (χ4v) is 0.516. The van der Waals surface area contributed by atoms with E-state index in [0.717, 1.165) is 0 Å². The summed E-state index contributed by atoms with van der Waals surface area (Å²) in [6.07, 6.45) is -5.30. The van der Waals surface area contributed by atoms with Crippen molar-refractivity contribution >= 4 is 15.9 Å². The van der Waals surface area contributed by atoms with Gasteiger partial charge < -0.3 is 0 Å². The van der Waals surface area contributed by atoms with Gasteiger partial charge in [0.2, 0.25) is 0 Å². The standard InChI is InChI=1S/C5H3BrF2N2/c6-4-2-9-3(1-10-4)5(7)8/h1-2,5H/i1D,2D,5D. The summed E-state index contributed by atoms with van der Waals surface area (Å²) in [6, 6.07) is 0. The van der Waals surface area contributed by atoms with Gasteiger partial charge in [0.25, 0.3) is 6.40 Å². The molecule has 1 aromatic heterocycles. The topological polar surface area (TPSA) is 25.8 Å². The third-order valence-electron chi connectivity index (χ3n) is 0.699. The third-order valence-corrected chi connectivity index (χ3v) is 1.05. The second-order valence-corrected chi connectivity index (χ2v) is 2.10. The van der Waals surface area contributed by atoms with Crippen molar-refractivity contribution in [1.82, 2.24) is 9.97 Å². The highest BCUT2D eigenvalue weighted by molar-refractivity contribution is 9.10. The summed E-state index contributed by atoms with van der Waals surface area (Å²) in [5.74, 6) is 0. The minimum Gasteiger partial charge on any atom is -0.251 e. The Morgan fingerprint density at radius 3 is 2.90 bits per heavy atom. The minimum absolute atomic E-state index is 0.0921. The average molecular weight is 212 g/mol. The van der Waals surface area contributed by atoms with Crippen LogP contribution in [0.25, 0.3) is 0 Å². The average Bonchev–Trinajstić information content (AvgIpc) is 1.94. The monoisotopic (exact) mass is 211 g/mol. The SMILES string of the molecule is [2H]c1nc(C([2H])(F)F)c([2H])nc1Br. The molecular formula is C5H3BrF2N2. The van der Waals surface area contributed by atoms with Gasteiger partial charge in [0, 0.05) is 0 Å². The Morgan fingerprint density at radius 1 is 1.60 bits per heavy atom. The Morgan fingerprint density at radius 2 is 2.30 bits per heavy atom. The zero-order chi connectivity index (χ0) is 10.2. The van der Waals surface area contributed by atoms with Gasteiger partial charge in [-0.1, -0.05) is 0 Å². The van der Waals surface area contributed by atoms with Crippen LogP contribution in [0, 0.1) is 0 Å². The van der Waals surface area contributed by atoms with Gasteiger partial charge in [0.15, 0.2) is 0 Å². The number of aromatic nitrogens is 2. The van der Waals surface area contributed by atoms with Crippen molar-refractivity contribution in [1.29, 1.82) is 0 Å². The first kappa shape index (κ1) is 4.33. The molecule has 0 aliphatic rings. The highest BCUT2D eigenvalue weighted by Gasteiger charge is 2.07. The first-order valence-electron chi connectivity index (χ1n) is 3.71. The molecule has 2 nitrogen and oxygen atoms in total. The molecule has 0 unspecified atom stereocenters. The Kier molecular flexibility index (Phi) is 1.30. The lowest BCUT2D eigenvalue weighted by Gasteiger charge is -1.95. The van der Waals surface area contributed by atoms with Crippen LogP contribution in [0.2, 0.25) is 0 Å². The number of halogens is 3. The summed E-state index contributed by atoms with van der Waals surface area (Å²) in [6.45, 7) is 0. The van der Waals surface area contributed by atoms with Crippen LogP contribution < -0.4 is 0 Å². The lowest BCUT2D eigenvalue weighted by molar-refractivity contribution is 0.145. The van der Waals surface area contributed by atoms with Crippen LogP contribution in [-0.4, -0.2) is 9.97 Å². The number of rotatable bonds is 1. The molecule has 0 atom stereocenters. The van der Waals surface area contributed by atoms with Crippen molar-refractivity contribution < 1.29 is 12.9 Å². The molecule has 0 radical (unpaired) electrons. The first-order valence-corrected chi connectivity index (χ1v) is 3.00. The molecule has 0 spiro atoms. The highest BCUT2D eigenvalue weighted by atomic mass is 79.9. The molecule has 5 heteroatoms. The van der Waals surface area contributed by atoms with E-state index in [9.17, 15) is 8.78 Å². The van der Waals surface area contributed by atoms with Crippen LogP contribution in [0.4, 0.5) is 8.78 Å². The summed E-state index contributed by atoms with van der Waals surface area (Å²) in [5, 5.41) is 0. The van der Waals surface area contributed by atoms with Crippen LogP contribution in [0.15, 0.2) is 16.9 Å².